The largest absolute Gasteiger partial charge is 0.451 e. The Morgan fingerprint density at radius 2 is 2.14 bits per heavy atom. The van der Waals surface area contributed by atoms with Gasteiger partial charge in [-0.25, -0.2) is 4.79 Å². The van der Waals surface area contributed by atoms with Gasteiger partial charge < -0.3 is 4.74 Å². The summed E-state index contributed by atoms with van der Waals surface area (Å²) in [7, 11) is 0. The van der Waals surface area contributed by atoms with E-state index in [2.05, 4.69) is 37.4 Å². The molecule has 1 atom stereocenters. The van der Waals surface area contributed by atoms with Crippen molar-refractivity contribution >= 4 is 18.6 Å². The summed E-state index contributed by atoms with van der Waals surface area (Å²) in [6, 6.07) is 8.37. The molecule has 0 radical (unpaired) electrons. The van der Waals surface area contributed by atoms with Gasteiger partial charge in [0.2, 0.25) is 0 Å². The smallest absolute Gasteiger partial charge is 0.333 e. The van der Waals surface area contributed by atoms with Gasteiger partial charge in [0.05, 0.1) is 0 Å². The average molecular weight is 304 g/mol. The van der Waals surface area contributed by atoms with Crippen molar-refractivity contribution < 1.29 is 9.53 Å². The minimum atomic E-state index is -0.508. The Morgan fingerprint density at radius 3 is 2.86 bits per heavy atom. The van der Waals surface area contributed by atoms with Gasteiger partial charge in [-0.1, -0.05) is 30.8 Å². The predicted octanol–water partition coefficient (Wildman–Crippen LogP) is 4.44. The maximum atomic E-state index is 12.2. The summed E-state index contributed by atoms with van der Waals surface area (Å²) >= 11 is 4.33. The number of thiol groups is 1. The highest BCUT2D eigenvalue weighted by atomic mass is 32.1. The molecule has 1 aromatic rings. The molecule has 1 aliphatic rings. The second kappa shape index (κ2) is 7.17. The summed E-state index contributed by atoms with van der Waals surface area (Å²) in [4.78, 5) is 12.2. The van der Waals surface area contributed by atoms with Crippen molar-refractivity contribution in [2.75, 3.05) is 5.75 Å². The topological polar surface area (TPSA) is 26.3 Å². The Labute approximate surface area is 133 Å². The molecule has 1 aromatic carbocycles. The van der Waals surface area contributed by atoms with E-state index < -0.39 is 5.60 Å². The first-order valence-corrected chi connectivity index (χ1v) is 8.30. The molecule has 21 heavy (non-hydrogen) atoms. The molecule has 0 amide bonds. The van der Waals surface area contributed by atoms with Gasteiger partial charge in [-0.05, 0) is 62.3 Å². The number of benzene rings is 1. The number of rotatable bonds is 5. The Hall–Kier alpha value is -1.22. The lowest BCUT2D eigenvalue weighted by Crippen LogP contribution is -2.33. The fourth-order valence-corrected chi connectivity index (χ4v) is 3.25. The van der Waals surface area contributed by atoms with Crippen molar-refractivity contribution in [1.29, 1.82) is 0 Å². The first-order valence-electron chi connectivity index (χ1n) is 7.67. The van der Waals surface area contributed by atoms with Crippen LogP contribution >= 0.6 is 12.6 Å². The molecule has 1 unspecified atom stereocenters. The fourth-order valence-electron chi connectivity index (χ4n) is 3.09. The minimum absolute atomic E-state index is 0.286. The zero-order valence-corrected chi connectivity index (χ0v) is 13.6. The second-order valence-electron chi connectivity index (χ2n) is 5.86. The lowest BCUT2D eigenvalue weighted by Gasteiger charge is -2.34. The fraction of sp³-hybridized carbons (Fsp3) is 0.500. The van der Waals surface area contributed by atoms with E-state index >= 15 is 0 Å². The van der Waals surface area contributed by atoms with E-state index in [1.54, 1.807) is 6.92 Å². The van der Waals surface area contributed by atoms with Gasteiger partial charge in [-0.3, -0.25) is 0 Å². The van der Waals surface area contributed by atoms with Crippen LogP contribution in [0.2, 0.25) is 0 Å². The normalized spacial score (nSPS) is 21.2. The van der Waals surface area contributed by atoms with Crippen LogP contribution in [-0.2, 0) is 21.6 Å². The van der Waals surface area contributed by atoms with Crippen LogP contribution in [0.15, 0.2) is 36.4 Å². The number of hydrogen-bond acceptors (Lipinski definition) is 3. The molecule has 0 N–H and O–H groups in total. The third-order valence-electron chi connectivity index (χ3n) is 4.16. The van der Waals surface area contributed by atoms with E-state index in [1.165, 1.54) is 11.1 Å². The molecule has 114 valence electrons. The Kier molecular flexibility index (Phi) is 5.51. The van der Waals surface area contributed by atoms with Crippen LogP contribution in [0.5, 0.6) is 0 Å². The molecule has 0 saturated carbocycles. The quantitative estimate of drug-likeness (QED) is 0.377. The molecule has 3 heteroatoms. The van der Waals surface area contributed by atoms with Gasteiger partial charge in [0.1, 0.15) is 5.60 Å². The van der Waals surface area contributed by atoms with Gasteiger partial charge >= 0.3 is 5.97 Å². The number of esters is 1. The average Bonchev–Trinajstić information content (AvgIpc) is 2.66. The van der Waals surface area contributed by atoms with Crippen molar-refractivity contribution in [2.45, 2.75) is 51.0 Å². The first-order chi connectivity index (χ1) is 10.1. The molecule has 1 aliphatic carbocycles. The Bertz CT molecular complexity index is 524. The van der Waals surface area contributed by atoms with E-state index in [0.717, 1.165) is 44.3 Å². The summed E-state index contributed by atoms with van der Waals surface area (Å²) in [5, 5.41) is 0. The molecule has 0 aromatic heterocycles. The number of aryl methyl sites for hydroxylation is 1. The molecule has 0 bridgehead atoms. The Balaban J connectivity index is 2.42. The highest BCUT2D eigenvalue weighted by Crippen LogP contribution is 2.41. The maximum absolute atomic E-state index is 12.2. The molecule has 2 nitrogen and oxygen atoms in total. The van der Waals surface area contributed by atoms with Crippen LogP contribution in [0, 0.1) is 0 Å². The molecular formula is C18H24O2S. The second-order valence-corrected chi connectivity index (χ2v) is 6.30. The van der Waals surface area contributed by atoms with Crippen LogP contribution in [0.1, 0.15) is 50.2 Å². The summed E-state index contributed by atoms with van der Waals surface area (Å²) in [6.45, 7) is 5.43. The summed E-state index contributed by atoms with van der Waals surface area (Å²) < 4.78 is 5.98. The highest BCUT2D eigenvalue weighted by Gasteiger charge is 2.38. The number of carbonyl (C=O) groups excluding carboxylic acids is 1. The minimum Gasteiger partial charge on any atom is -0.451 e. The molecule has 0 spiro atoms. The van der Waals surface area contributed by atoms with Gasteiger partial charge in [0.15, 0.2) is 0 Å². The van der Waals surface area contributed by atoms with Crippen molar-refractivity contribution in [3.05, 3.63) is 47.5 Å². The lowest BCUT2D eigenvalue weighted by molar-refractivity contribution is -0.158. The van der Waals surface area contributed by atoms with Crippen LogP contribution in [0.4, 0.5) is 0 Å². The molecule has 0 heterocycles. The number of hydrogen-bond donors (Lipinski definition) is 1. The third kappa shape index (κ3) is 3.70. The monoisotopic (exact) mass is 304 g/mol. The standard InChI is InChI=1S/C18H24O2S/c1-14(2)17(19)20-18(12-7-13-21)11-6-5-9-15-8-3-4-10-16(15)18/h3-4,8,10,21H,1,5-7,9,11-13H2,2H3. The van der Waals surface area contributed by atoms with Crippen LogP contribution in [-0.4, -0.2) is 11.7 Å². The van der Waals surface area contributed by atoms with Crippen LogP contribution < -0.4 is 0 Å². The maximum Gasteiger partial charge on any atom is 0.333 e. The van der Waals surface area contributed by atoms with Crippen molar-refractivity contribution in [2.24, 2.45) is 0 Å². The summed E-state index contributed by atoms with van der Waals surface area (Å²) in [6.07, 6.45) is 5.92. The Morgan fingerprint density at radius 1 is 1.38 bits per heavy atom. The van der Waals surface area contributed by atoms with Gasteiger partial charge in [-0.2, -0.15) is 12.6 Å². The zero-order valence-electron chi connectivity index (χ0n) is 12.7. The van der Waals surface area contributed by atoms with Crippen molar-refractivity contribution in [3.63, 3.8) is 0 Å². The predicted molar refractivity (Wildman–Crippen MR) is 89.7 cm³/mol. The van der Waals surface area contributed by atoms with Gasteiger partial charge in [-0.15, -0.1) is 0 Å². The van der Waals surface area contributed by atoms with E-state index in [9.17, 15) is 4.79 Å². The van der Waals surface area contributed by atoms with Crippen molar-refractivity contribution in [3.8, 4) is 0 Å². The van der Waals surface area contributed by atoms with Crippen LogP contribution in [0.3, 0.4) is 0 Å². The van der Waals surface area contributed by atoms with Crippen molar-refractivity contribution in [1.82, 2.24) is 0 Å². The molecule has 0 aliphatic heterocycles. The van der Waals surface area contributed by atoms with E-state index in [4.69, 9.17) is 4.74 Å². The van der Waals surface area contributed by atoms with Gasteiger partial charge in [0.25, 0.3) is 0 Å². The summed E-state index contributed by atoms with van der Waals surface area (Å²) in [5.41, 5.74) is 2.44. The molecule has 0 fully saturated rings. The molecule has 2 rings (SSSR count). The lowest BCUT2D eigenvalue weighted by atomic mass is 9.84. The molecular weight excluding hydrogens is 280 g/mol. The third-order valence-corrected chi connectivity index (χ3v) is 4.48. The SMILES string of the molecule is C=C(C)C(=O)OC1(CCCS)CCCCc2ccccc21. The molecule has 0 saturated heterocycles. The van der Waals surface area contributed by atoms with E-state index in [-0.39, 0.29) is 5.97 Å². The highest BCUT2D eigenvalue weighted by molar-refractivity contribution is 7.80. The first kappa shape index (κ1) is 16.2. The number of carbonyl (C=O) groups is 1. The van der Waals surface area contributed by atoms with Crippen LogP contribution in [0.25, 0.3) is 0 Å². The van der Waals surface area contributed by atoms with E-state index in [0.29, 0.717) is 5.57 Å². The zero-order chi connectivity index (χ0) is 15.3. The number of fused-ring (bicyclic) bond motifs is 1. The van der Waals surface area contributed by atoms with E-state index in [1.807, 2.05) is 6.07 Å². The number of ether oxygens (including phenoxy) is 1. The van der Waals surface area contributed by atoms with Gasteiger partial charge in [0, 0.05) is 5.57 Å². The summed E-state index contributed by atoms with van der Waals surface area (Å²) in [5.74, 6) is 0.514.